The summed E-state index contributed by atoms with van der Waals surface area (Å²) in [5.74, 6) is -1.79. The number of aldehydes is 1. The van der Waals surface area contributed by atoms with Crippen LogP contribution in [0.5, 0.6) is 0 Å². The van der Waals surface area contributed by atoms with E-state index in [1.807, 2.05) is 13.8 Å². The Hall–Kier alpha value is -3.99. The van der Waals surface area contributed by atoms with Crippen LogP contribution in [0.15, 0.2) is 53.4 Å². The molecule has 2 atom stereocenters. The van der Waals surface area contributed by atoms with Gasteiger partial charge in [-0.05, 0) is 18.1 Å². The quantitative estimate of drug-likeness (QED) is 0.332. The van der Waals surface area contributed by atoms with Gasteiger partial charge < -0.3 is 19.3 Å². The van der Waals surface area contributed by atoms with E-state index >= 15 is 0 Å². The Morgan fingerprint density at radius 2 is 1.94 bits per heavy atom. The maximum absolute atomic E-state index is 14.9. The van der Waals surface area contributed by atoms with E-state index in [0.717, 1.165) is 6.20 Å². The van der Waals surface area contributed by atoms with Gasteiger partial charge in [-0.15, -0.1) is 0 Å². The number of carbonyl (C=O) groups is 1. The Morgan fingerprint density at radius 3 is 2.58 bits per heavy atom. The minimum absolute atomic E-state index is 0.0364. The second-order valence-corrected chi connectivity index (χ2v) is 8.74. The zero-order chi connectivity index (χ0) is 25.8. The van der Waals surface area contributed by atoms with Crippen LogP contribution in [0.25, 0.3) is 22.9 Å². The van der Waals surface area contributed by atoms with Crippen molar-refractivity contribution in [2.45, 2.75) is 26.4 Å². The summed E-state index contributed by atoms with van der Waals surface area (Å²) in [7, 11) is 1.61. The summed E-state index contributed by atoms with van der Waals surface area (Å²) in [6, 6.07) is 9.16. The van der Waals surface area contributed by atoms with Gasteiger partial charge in [-0.25, -0.2) is 18.7 Å². The van der Waals surface area contributed by atoms with Crippen molar-refractivity contribution in [2.75, 3.05) is 18.6 Å². The van der Waals surface area contributed by atoms with Crippen LogP contribution in [0.1, 0.15) is 19.4 Å². The zero-order valence-corrected chi connectivity index (χ0v) is 20.0. The molecular weight excluding hydrogens is 470 g/mol. The highest BCUT2D eigenvalue weighted by atomic mass is 19.1. The summed E-state index contributed by atoms with van der Waals surface area (Å²) in [6.45, 7) is 3.48. The van der Waals surface area contributed by atoms with E-state index in [9.17, 15) is 18.7 Å². The predicted octanol–water partition coefficient (Wildman–Crippen LogP) is 3.59. The number of hydrogen-bond donors (Lipinski definition) is 1. The molecule has 0 saturated carbocycles. The summed E-state index contributed by atoms with van der Waals surface area (Å²) in [6.07, 6.45) is 3.11. The SMILES string of the molecule is CC(C)C(C(C=O)CO)N(C)c1nc(-c2cc(-c3ccon3)n(Cc3ccccc3F)n2)ncc1F. The Bertz CT molecular complexity index is 1330. The lowest BCUT2D eigenvalue weighted by Gasteiger charge is -2.35. The minimum Gasteiger partial charge on any atom is -0.396 e. The molecule has 1 N–H and O–H groups in total. The molecule has 0 aliphatic heterocycles. The van der Waals surface area contributed by atoms with E-state index in [1.165, 1.54) is 17.2 Å². The van der Waals surface area contributed by atoms with Crippen molar-refractivity contribution in [3.05, 3.63) is 66.1 Å². The molecule has 0 bridgehead atoms. The molecular formula is C25H26F2N6O3. The van der Waals surface area contributed by atoms with Crippen molar-refractivity contribution < 1.29 is 23.2 Å². The molecule has 188 valence electrons. The summed E-state index contributed by atoms with van der Waals surface area (Å²) < 4.78 is 35.7. The average molecular weight is 497 g/mol. The van der Waals surface area contributed by atoms with Gasteiger partial charge in [0.2, 0.25) is 0 Å². The molecule has 4 rings (SSSR count). The van der Waals surface area contributed by atoms with Gasteiger partial charge in [0.15, 0.2) is 17.5 Å². The van der Waals surface area contributed by atoms with Crippen LogP contribution in [-0.4, -0.2) is 56.0 Å². The van der Waals surface area contributed by atoms with Gasteiger partial charge in [-0.1, -0.05) is 37.2 Å². The molecule has 3 heterocycles. The van der Waals surface area contributed by atoms with Gasteiger partial charge in [0.1, 0.15) is 29.8 Å². The molecule has 0 fully saturated rings. The van der Waals surface area contributed by atoms with Gasteiger partial charge in [-0.3, -0.25) is 4.68 Å². The van der Waals surface area contributed by atoms with Crippen LogP contribution in [-0.2, 0) is 11.3 Å². The number of carbonyl (C=O) groups excluding carboxylic acids is 1. The first-order chi connectivity index (χ1) is 17.3. The molecule has 0 radical (unpaired) electrons. The molecule has 0 amide bonds. The van der Waals surface area contributed by atoms with Gasteiger partial charge in [0.25, 0.3) is 0 Å². The minimum atomic E-state index is -0.730. The summed E-state index contributed by atoms with van der Waals surface area (Å²) in [5.41, 5.74) is 1.74. The number of hydrogen-bond acceptors (Lipinski definition) is 8. The third-order valence-corrected chi connectivity index (χ3v) is 6.00. The Balaban J connectivity index is 1.76. The lowest BCUT2D eigenvalue weighted by atomic mass is 9.90. The molecule has 0 saturated heterocycles. The number of benzene rings is 1. The number of halogens is 2. The molecule has 9 nitrogen and oxygen atoms in total. The first kappa shape index (κ1) is 25.1. The lowest BCUT2D eigenvalue weighted by molar-refractivity contribution is -0.113. The van der Waals surface area contributed by atoms with Crippen molar-refractivity contribution >= 4 is 12.1 Å². The standard InChI is InChI=1S/C25H26F2N6O3/c1-15(2)23(17(13-34)14-35)32(3)25-19(27)11-28-24(29-25)21-10-22(20-8-9-36-31-20)33(30-21)12-16-6-4-5-7-18(16)26/h4-11,13,15,17,23,35H,12,14H2,1-3H3. The first-order valence-corrected chi connectivity index (χ1v) is 11.4. The van der Waals surface area contributed by atoms with E-state index < -0.39 is 17.8 Å². The molecule has 0 aliphatic rings. The number of aliphatic hydroxyl groups is 1. The smallest absolute Gasteiger partial charge is 0.183 e. The van der Waals surface area contributed by atoms with E-state index in [-0.39, 0.29) is 36.5 Å². The fourth-order valence-corrected chi connectivity index (χ4v) is 4.32. The van der Waals surface area contributed by atoms with Gasteiger partial charge >= 0.3 is 0 Å². The van der Waals surface area contributed by atoms with Crippen molar-refractivity contribution in [2.24, 2.45) is 11.8 Å². The third-order valence-electron chi connectivity index (χ3n) is 6.00. The molecule has 2 unspecified atom stereocenters. The highest BCUT2D eigenvalue weighted by Crippen LogP contribution is 2.29. The fourth-order valence-electron chi connectivity index (χ4n) is 4.32. The van der Waals surface area contributed by atoms with E-state index in [2.05, 4.69) is 20.2 Å². The fraction of sp³-hybridized carbons (Fsp3) is 0.320. The maximum atomic E-state index is 14.9. The number of aromatic nitrogens is 5. The second kappa shape index (κ2) is 10.7. The van der Waals surface area contributed by atoms with E-state index in [1.54, 1.807) is 42.1 Å². The summed E-state index contributed by atoms with van der Waals surface area (Å²) in [5, 5.41) is 18.2. The predicted molar refractivity (Wildman–Crippen MR) is 128 cm³/mol. The van der Waals surface area contributed by atoms with E-state index in [4.69, 9.17) is 4.52 Å². The molecule has 11 heteroatoms. The lowest BCUT2D eigenvalue weighted by Crippen LogP contribution is -2.45. The number of anilines is 1. The zero-order valence-electron chi connectivity index (χ0n) is 20.0. The van der Waals surface area contributed by atoms with Crippen LogP contribution >= 0.6 is 0 Å². The van der Waals surface area contributed by atoms with Gasteiger partial charge in [0, 0.05) is 24.7 Å². The van der Waals surface area contributed by atoms with Crippen LogP contribution < -0.4 is 4.90 Å². The highest BCUT2D eigenvalue weighted by molar-refractivity contribution is 5.64. The van der Waals surface area contributed by atoms with Crippen molar-refractivity contribution in [1.82, 2.24) is 24.9 Å². The Labute approximate surface area is 206 Å². The number of aliphatic hydroxyl groups excluding tert-OH is 1. The maximum Gasteiger partial charge on any atom is 0.183 e. The van der Waals surface area contributed by atoms with Crippen LogP contribution in [0.3, 0.4) is 0 Å². The molecule has 0 aliphatic carbocycles. The molecule has 36 heavy (non-hydrogen) atoms. The van der Waals surface area contributed by atoms with Crippen LogP contribution in [0.2, 0.25) is 0 Å². The molecule has 0 spiro atoms. The van der Waals surface area contributed by atoms with Gasteiger partial charge in [-0.2, -0.15) is 5.10 Å². The van der Waals surface area contributed by atoms with Crippen molar-refractivity contribution in [1.29, 1.82) is 0 Å². The largest absolute Gasteiger partial charge is 0.396 e. The summed E-state index contributed by atoms with van der Waals surface area (Å²) >= 11 is 0. The number of nitrogens with zero attached hydrogens (tertiary/aromatic N) is 6. The Morgan fingerprint density at radius 1 is 1.17 bits per heavy atom. The van der Waals surface area contributed by atoms with E-state index in [0.29, 0.717) is 28.9 Å². The van der Waals surface area contributed by atoms with Crippen LogP contribution in [0, 0.1) is 23.5 Å². The van der Waals surface area contributed by atoms with Crippen LogP contribution in [0.4, 0.5) is 14.6 Å². The van der Waals surface area contributed by atoms with Crippen molar-refractivity contribution in [3.63, 3.8) is 0 Å². The normalized spacial score (nSPS) is 13.1. The second-order valence-electron chi connectivity index (χ2n) is 8.74. The molecule has 1 aromatic carbocycles. The first-order valence-electron chi connectivity index (χ1n) is 11.4. The summed E-state index contributed by atoms with van der Waals surface area (Å²) in [4.78, 5) is 21.6. The average Bonchev–Trinajstić information content (AvgIpc) is 3.54. The highest BCUT2D eigenvalue weighted by Gasteiger charge is 2.30. The topological polar surface area (TPSA) is 110 Å². The third kappa shape index (κ3) is 5.01. The van der Waals surface area contributed by atoms with Gasteiger partial charge in [0.05, 0.1) is 31.0 Å². The molecule has 3 aromatic heterocycles. The Kier molecular flexibility index (Phi) is 7.49. The number of rotatable bonds is 10. The molecule has 4 aromatic rings. The van der Waals surface area contributed by atoms with Crippen molar-refractivity contribution in [3.8, 4) is 22.9 Å². The monoisotopic (exact) mass is 496 g/mol.